The molecule has 2 heterocycles. The summed E-state index contributed by atoms with van der Waals surface area (Å²) in [5, 5.41) is 12.4. The first-order chi connectivity index (χ1) is 8.69. The Bertz CT molecular complexity index is 555. The minimum atomic E-state index is 0.197. The molecule has 0 aliphatic rings. The van der Waals surface area contributed by atoms with E-state index in [1.807, 2.05) is 13.8 Å². The average molecular weight is 243 g/mol. The van der Waals surface area contributed by atoms with Gasteiger partial charge in [0.2, 0.25) is 17.5 Å². The molecular formula is C12H13N5O. The Morgan fingerprint density at radius 2 is 2.06 bits per heavy atom. The first kappa shape index (κ1) is 12.2. The molecule has 6 heteroatoms. The molecule has 0 aliphatic carbocycles. The molecule has 1 unspecified atom stereocenters. The lowest BCUT2D eigenvalue weighted by Crippen LogP contribution is -1.99. The molecule has 0 spiro atoms. The topological polar surface area (TPSA) is 88.5 Å². The van der Waals surface area contributed by atoms with Gasteiger partial charge in [-0.1, -0.05) is 12.1 Å². The maximum Gasteiger partial charge on any atom is 0.240 e. The van der Waals surface area contributed by atoms with Crippen molar-refractivity contribution >= 4 is 0 Å². The zero-order chi connectivity index (χ0) is 13.0. The largest absolute Gasteiger partial charge is 0.339 e. The Balaban J connectivity index is 2.11. The molecule has 0 aliphatic heterocycles. The van der Waals surface area contributed by atoms with E-state index in [4.69, 9.17) is 9.78 Å². The smallest absolute Gasteiger partial charge is 0.240 e. The molecule has 0 bridgehead atoms. The van der Waals surface area contributed by atoms with Gasteiger partial charge in [0.1, 0.15) is 0 Å². The molecule has 18 heavy (non-hydrogen) atoms. The average Bonchev–Trinajstić information content (AvgIpc) is 2.78. The normalized spacial score (nSPS) is 12.1. The molecule has 0 saturated carbocycles. The molecule has 92 valence electrons. The summed E-state index contributed by atoms with van der Waals surface area (Å²) in [5.41, 5.74) is 0.977. The molecule has 1 atom stereocenters. The van der Waals surface area contributed by atoms with E-state index in [1.54, 1.807) is 12.4 Å². The molecule has 0 N–H and O–H groups in total. The Morgan fingerprint density at radius 1 is 1.33 bits per heavy atom. The van der Waals surface area contributed by atoms with Gasteiger partial charge in [-0.3, -0.25) is 0 Å². The number of aryl methyl sites for hydroxylation is 1. The van der Waals surface area contributed by atoms with Crippen molar-refractivity contribution in [1.29, 1.82) is 5.26 Å². The van der Waals surface area contributed by atoms with Crippen molar-refractivity contribution in [3.8, 4) is 17.7 Å². The molecule has 0 aromatic carbocycles. The molecule has 0 amide bonds. The van der Waals surface area contributed by atoms with Crippen LogP contribution in [0.5, 0.6) is 0 Å². The Hall–Kier alpha value is -2.29. The molecule has 2 aromatic rings. The van der Waals surface area contributed by atoms with Gasteiger partial charge in [-0.15, -0.1) is 0 Å². The van der Waals surface area contributed by atoms with E-state index in [-0.39, 0.29) is 5.92 Å². The van der Waals surface area contributed by atoms with Gasteiger partial charge in [0, 0.05) is 25.2 Å². The van der Waals surface area contributed by atoms with Gasteiger partial charge in [0.25, 0.3) is 0 Å². The minimum Gasteiger partial charge on any atom is -0.339 e. The standard InChI is InChI=1S/C12H13N5O/c1-8(3-4-13)5-10-16-12(17-18-10)11-14-6-9(2)7-15-11/h6-8H,3,5H2,1-2H3. The quantitative estimate of drug-likeness (QED) is 0.815. The Morgan fingerprint density at radius 3 is 2.72 bits per heavy atom. The number of hydrogen-bond acceptors (Lipinski definition) is 6. The van der Waals surface area contributed by atoms with Crippen LogP contribution in [0.1, 0.15) is 24.8 Å². The fourth-order valence-electron chi connectivity index (χ4n) is 1.46. The van der Waals surface area contributed by atoms with E-state index in [1.165, 1.54) is 0 Å². The van der Waals surface area contributed by atoms with Crippen LogP contribution in [0.3, 0.4) is 0 Å². The Labute approximate surface area is 105 Å². The van der Waals surface area contributed by atoms with Crippen molar-refractivity contribution in [2.75, 3.05) is 0 Å². The molecular weight excluding hydrogens is 230 g/mol. The molecule has 6 nitrogen and oxygen atoms in total. The highest BCUT2D eigenvalue weighted by atomic mass is 16.5. The summed E-state index contributed by atoms with van der Waals surface area (Å²) >= 11 is 0. The molecule has 0 saturated heterocycles. The summed E-state index contributed by atoms with van der Waals surface area (Å²) in [6.45, 7) is 3.88. The second-order valence-corrected chi connectivity index (χ2v) is 4.27. The second-order valence-electron chi connectivity index (χ2n) is 4.27. The highest BCUT2D eigenvalue weighted by molar-refractivity contribution is 5.40. The first-order valence-electron chi connectivity index (χ1n) is 5.67. The molecule has 0 radical (unpaired) electrons. The summed E-state index contributed by atoms with van der Waals surface area (Å²) < 4.78 is 5.12. The summed E-state index contributed by atoms with van der Waals surface area (Å²) in [7, 11) is 0. The van der Waals surface area contributed by atoms with Crippen LogP contribution < -0.4 is 0 Å². The lowest BCUT2D eigenvalue weighted by atomic mass is 10.1. The van der Waals surface area contributed by atoms with E-state index in [9.17, 15) is 0 Å². The number of rotatable bonds is 4. The van der Waals surface area contributed by atoms with Crippen LogP contribution in [0.4, 0.5) is 0 Å². The lowest BCUT2D eigenvalue weighted by molar-refractivity contribution is 0.359. The van der Waals surface area contributed by atoms with Crippen molar-refractivity contribution in [3.05, 3.63) is 23.8 Å². The number of hydrogen-bond donors (Lipinski definition) is 0. The SMILES string of the molecule is Cc1cnc(-c2noc(CC(C)CC#N)n2)nc1. The van der Waals surface area contributed by atoms with Crippen LogP contribution in [0.2, 0.25) is 0 Å². The third-order valence-corrected chi connectivity index (χ3v) is 2.41. The number of nitrogens with zero attached hydrogens (tertiary/aromatic N) is 5. The number of aromatic nitrogens is 4. The van der Waals surface area contributed by atoms with Gasteiger partial charge in [0.05, 0.1) is 6.07 Å². The van der Waals surface area contributed by atoms with Crippen LogP contribution in [-0.2, 0) is 6.42 Å². The molecule has 2 rings (SSSR count). The highest BCUT2D eigenvalue weighted by Gasteiger charge is 2.13. The van der Waals surface area contributed by atoms with E-state index in [2.05, 4.69) is 26.2 Å². The van der Waals surface area contributed by atoms with E-state index in [0.29, 0.717) is 30.4 Å². The third-order valence-electron chi connectivity index (χ3n) is 2.41. The van der Waals surface area contributed by atoms with Crippen molar-refractivity contribution in [2.24, 2.45) is 5.92 Å². The second kappa shape index (κ2) is 5.36. The van der Waals surface area contributed by atoms with Crippen LogP contribution in [0, 0.1) is 24.2 Å². The van der Waals surface area contributed by atoms with Gasteiger partial charge >= 0.3 is 0 Å². The van der Waals surface area contributed by atoms with Gasteiger partial charge < -0.3 is 4.52 Å². The lowest BCUT2D eigenvalue weighted by Gasteiger charge is -2.00. The van der Waals surface area contributed by atoms with Gasteiger partial charge in [-0.2, -0.15) is 10.2 Å². The summed E-state index contributed by atoms with van der Waals surface area (Å²) in [5.74, 6) is 1.54. The van der Waals surface area contributed by atoms with Gasteiger partial charge in [-0.05, 0) is 18.4 Å². The van der Waals surface area contributed by atoms with Crippen LogP contribution in [0.15, 0.2) is 16.9 Å². The van der Waals surface area contributed by atoms with Gasteiger partial charge in [-0.25, -0.2) is 9.97 Å². The minimum absolute atomic E-state index is 0.197. The maximum atomic E-state index is 8.59. The van der Waals surface area contributed by atoms with E-state index < -0.39 is 0 Å². The van der Waals surface area contributed by atoms with Crippen molar-refractivity contribution < 1.29 is 4.52 Å². The third kappa shape index (κ3) is 2.88. The zero-order valence-corrected chi connectivity index (χ0v) is 10.3. The van der Waals surface area contributed by atoms with Crippen LogP contribution >= 0.6 is 0 Å². The predicted molar refractivity (Wildman–Crippen MR) is 63.2 cm³/mol. The van der Waals surface area contributed by atoms with Crippen LogP contribution in [-0.4, -0.2) is 20.1 Å². The predicted octanol–water partition coefficient (Wildman–Crippen LogP) is 1.93. The van der Waals surface area contributed by atoms with E-state index >= 15 is 0 Å². The fraction of sp³-hybridized carbons (Fsp3) is 0.417. The monoisotopic (exact) mass is 243 g/mol. The zero-order valence-electron chi connectivity index (χ0n) is 10.3. The molecule has 2 aromatic heterocycles. The Kier molecular flexibility index (Phi) is 3.63. The van der Waals surface area contributed by atoms with E-state index in [0.717, 1.165) is 5.56 Å². The van der Waals surface area contributed by atoms with Gasteiger partial charge in [0.15, 0.2) is 0 Å². The first-order valence-corrected chi connectivity index (χ1v) is 5.67. The summed E-state index contributed by atoms with van der Waals surface area (Å²) in [4.78, 5) is 12.5. The van der Waals surface area contributed by atoms with Crippen molar-refractivity contribution in [1.82, 2.24) is 20.1 Å². The summed E-state index contributed by atoms with van der Waals surface area (Å²) in [6.07, 6.45) is 4.47. The van der Waals surface area contributed by atoms with Crippen LogP contribution in [0.25, 0.3) is 11.6 Å². The number of nitriles is 1. The fourth-order valence-corrected chi connectivity index (χ4v) is 1.46. The molecule has 0 fully saturated rings. The summed E-state index contributed by atoms with van der Waals surface area (Å²) in [6, 6.07) is 2.12. The highest BCUT2D eigenvalue weighted by Crippen LogP contribution is 2.14. The van der Waals surface area contributed by atoms with Crippen molar-refractivity contribution in [3.63, 3.8) is 0 Å². The maximum absolute atomic E-state index is 8.59. The van der Waals surface area contributed by atoms with Crippen molar-refractivity contribution in [2.45, 2.75) is 26.7 Å².